The van der Waals surface area contributed by atoms with Crippen LogP contribution in [0.1, 0.15) is 30.7 Å². The molecule has 0 aromatic carbocycles. The number of hydrogen-bond donors (Lipinski definition) is 3. The molecule has 3 rings (SSSR count). The number of halogens is 4. The Balaban J connectivity index is 1.57. The highest BCUT2D eigenvalue weighted by Crippen LogP contribution is 2.35. The van der Waals surface area contributed by atoms with Crippen molar-refractivity contribution in [3.8, 4) is 0 Å². The zero-order valence-electron chi connectivity index (χ0n) is 18.5. The van der Waals surface area contributed by atoms with Crippen LogP contribution < -0.4 is 16.0 Å². The summed E-state index contributed by atoms with van der Waals surface area (Å²) in [5.74, 6) is -0.972. The van der Waals surface area contributed by atoms with Crippen LogP contribution in [0.2, 0.25) is 5.02 Å². The molecule has 186 valence electrons. The molecule has 3 N–H and O–H groups in total. The topological polar surface area (TPSA) is 125 Å². The number of nitrogens with one attached hydrogen (secondary N) is 3. The van der Waals surface area contributed by atoms with Gasteiger partial charge in [0.1, 0.15) is 33.5 Å². The molecule has 0 aliphatic carbocycles. The predicted octanol–water partition coefficient (Wildman–Crippen LogP) is 3.16. The maximum atomic E-state index is 13.0. The molecule has 0 atom stereocenters. The highest BCUT2D eigenvalue weighted by Gasteiger charge is 2.34. The minimum atomic E-state index is -4.69. The third kappa shape index (κ3) is 7.56. The van der Waals surface area contributed by atoms with E-state index in [1.54, 1.807) is 0 Å². The lowest BCUT2D eigenvalue weighted by Crippen LogP contribution is -2.24. The smallest absolute Gasteiger partial charge is 0.369 e. The molecular formula is C20H20ClF3N8O2S. The second-order valence-electron chi connectivity index (χ2n) is 7.32. The van der Waals surface area contributed by atoms with Crippen LogP contribution in [-0.4, -0.2) is 63.8 Å². The molecule has 0 aliphatic heterocycles. The molecule has 0 bridgehead atoms. The van der Waals surface area contributed by atoms with Crippen LogP contribution in [0.25, 0.3) is 0 Å². The van der Waals surface area contributed by atoms with Gasteiger partial charge in [-0.15, -0.1) is 11.3 Å². The quantitative estimate of drug-likeness (QED) is 0.387. The third-order valence-electron chi connectivity index (χ3n) is 4.34. The number of thiazole rings is 1. The summed E-state index contributed by atoms with van der Waals surface area (Å²) < 4.78 is 39.0. The Bertz CT molecular complexity index is 1210. The SMILES string of the molecule is CN(C)CCNc1cc(C(=O)NCc2ncc(C(=O)Nc3cc(C(F)(F)F)c(Cl)cn3)s2)ncn1. The summed E-state index contributed by atoms with van der Waals surface area (Å²) in [6, 6.07) is 2.16. The third-order valence-corrected chi connectivity index (χ3v) is 5.64. The molecule has 35 heavy (non-hydrogen) atoms. The van der Waals surface area contributed by atoms with Crippen LogP contribution in [0.3, 0.4) is 0 Å². The standard InChI is InChI=1S/C20H20ClF3N8O2S/c1-32(2)4-3-25-15-6-13(29-10-30-15)18(33)28-9-17-27-8-14(35-17)19(34)31-16-5-11(20(22,23)24)12(21)7-26-16/h5-8,10H,3-4,9H2,1-2H3,(H,28,33)(H,25,29,30)(H,26,31,34). The molecule has 2 amide bonds. The van der Waals surface area contributed by atoms with Gasteiger partial charge in [0.05, 0.1) is 23.3 Å². The van der Waals surface area contributed by atoms with Crippen LogP contribution in [-0.2, 0) is 12.7 Å². The molecular weight excluding hydrogens is 509 g/mol. The molecule has 0 saturated carbocycles. The number of carbonyl (C=O) groups excluding carboxylic acids is 2. The number of amides is 2. The van der Waals surface area contributed by atoms with Gasteiger partial charge in [0.2, 0.25) is 0 Å². The zero-order chi connectivity index (χ0) is 25.6. The summed E-state index contributed by atoms with van der Waals surface area (Å²) in [6.45, 7) is 1.43. The van der Waals surface area contributed by atoms with Crippen molar-refractivity contribution in [2.24, 2.45) is 0 Å². The first-order valence-electron chi connectivity index (χ1n) is 10.0. The Morgan fingerprint density at radius 3 is 2.54 bits per heavy atom. The van der Waals surface area contributed by atoms with Crippen LogP contribution >= 0.6 is 22.9 Å². The summed E-state index contributed by atoms with van der Waals surface area (Å²) in [5.41, 5.74) is -0.964. The molecule has 0 radical (unpaired) electrons. The Labute approximate surface area is 207 Å². The predicted molar refractivity (Wildman–Crippen MR) is 125 cm³/mol. The van der Waals surface area contributed by atoms with Gasteiger partial charge in [-0.3, -0.25) is 9.59 Å². The first-order valence-corrected chi connectivity index (χ1v) is 11.2. The van der Waals surface area contributed by atoms with Gasteiger partial charge >= 0.3 is 6.18 Å². The van der Waals surface area contributed by atoms with E-state index in [4.69, 9.17) is 11.6 Å². The lowest BCUT2D eigenvalue weighted by molar-refractivity contribution is -0.137. The number of pyridine rings is 1. The summed E-state index contributed by atoms with van der Waals surface area (Å²) >= 11 is 6.50. The summed E-state index contributed by atoms with van der Waals surface area (Å²) in [4.78, 5) is 42.7. The van der Waals surface area contributed by atoms with Gasteiger partial charge in [0.25, 0.3) is 11.8 Å². The van der Waals surface area contributed by atoms with Crippen LogP contribution in [0, 0.1) is 0 Å². The molecule has 3 aromatic heterocycles. The molecule has 0 aliphatic rings. The van der Waals surface area contributed by atoms with E-state index < -0.39 is 28.6 Å². The normalized spacial score (nSPS) is 11.4. The minimum Gasteiger partial charge on any atom is -0.369 e. The van der Waals surface area contributed by atoms with Crippen molar-refractivity contribution >= 4 is 46.4 Å². The van der Waals surface area contributed by atoms with Gasteiger partial charge in [-0.05, 0) is 20.2 Å². The Kier molecular flexibility index (Phi) is 8.53. The number of nitrogens with zero attached hydrogens (tertiary/aromatic N) is 5. The zero-order valence-corrected chi connectivity index (χ0v) is 20.1. The van der Waals surface area contributed by atoms with Gasteiger partial charge < -0.3 is 20.9 Å². The Morgan fingerprint density at radius 1 is 1.06 bits per heavy atom. The molecule has 0 saturated heterocycles. The average molecular weight is 529 g/mol. The number of alkyl halides is 3. The molecule has 15 heteroatoms. The summed E-state index contributed by atoms with van der Waals surface area (Å²) in [5, 5.41) is 7.85. The van der Waals surface area contributed by atoms with Crippen molar-refractivity contribution in [3.63, 3.8) is 0 Å². The lowest BCUT2D eigenvalue weighted by atomic mass is 10.2. The average Bonchev–Trinajstić information content (AvgIpc) is 3.27. The second-order valence-corrected chi connectivity index (χ2v) is 8.84. The highest BCUT2D eigenvalue weighted by atomic mass is 35.5. The van der Waals surface area contributed by atoms with Gasteiger partial charge in [-0.2, -0.15) is 13.2 Å². The van der Waals surface area contributed by atoms with E-state index >= 15 is 0 Å². The van der Waals surface area contributed by atoms with E-state index in [0.29, 0.717) is 23.4 Å². The Morgan fingerprint density at radius 2 is 1.83 bits per heavy atom. The van der Waals surface area contributed by atoms with Crippen molar-refractivity contribution in [2.75, 3.05) is 37.8 Å². The summed E-state index contributed by atoms with van der Waals surface area (Å²) in [7, 11) is 3.87. The van der Waals surface area contributed by atoms with E-state index in [0.717, 1.165) is 24.1 Å². The first kappa shape index (κ1) is 26.2. The monoisotopic (exact) mass is 528 g/mol. The largest absolute Gasteiger partial charge is 0.418 e. The van der Waals surface area contributed by atoms with E-state index in [1.807, 2.05) is 19.0 Å². The molecule has 10 nitrogen and oxygen atoms in total. The van der Waals surface area contributed by atoms with Gasteiger partial charge in [-0.25, -0.2) is 19.9 Å². The highest BCUT2D eigenvalue weighted by molar-refractivity contribution is 7.13. The van der Waals surface area contributed by atoms with Crippen LogP contribution in [0.15, 0.2) is 30.9 Å². The van der Waals surface area contributed by atoms with Gasteiger partial charge in [-0.1, -0.05) is 11.6 Å². The molecule has 0 spiro atoms. The van der Waals surface area contributed by atoms with Gasteiger partial charge in [0.15, 0.2) is 0 Å². The van der Waals surface area contributed by atoms with E-state index in [2.05, 4.69) is 35.9 Å². The maximum absolute atomic E-state index is 13.0. The van der Waals surface area contributed by atoms with Crippen molar-refractivity contribution < 1.29 is 22.8 Å². The number of hydrogen-bond acceptors (Lipinski definition) is 9. The van der Waals surface area contributed by atoms with E-state index in [1.165, 1.54) is 18.6 Å². The number of likely N-dealkylation sites (N-methyl/N-ethyl adjacent to an activating group) is 1. The fourth-order valence-corrected chi connectivity index (χ4v) is 3.59. The lowest BCUT2D eigenvalue weighted by Gasteiger charge is -2.11. The molecule has 3 heterocycles. The second kappa shape index (κ2) is 11.4. The van der Waals surface area contributed by atoms with Crippen LogP contribution in [0.4, 0.5) is 24.8 Å². The molecule has 3 aromatic rings. The fraction of sp³-hybridized carbons (Fsp3) is 0.300. The van der Waals surface area contributed by atoms with E-state index in [9.17, 15) is 22.8 Å². The fourth-order valence-electron chi connectivity index (χ4n) is 2.63. The van der Waals surface area contributed by atoms with Gasteiger partial charge in [0, 0.05) is 25.4 Å². The number of anilines is 2. The molecule has 0 unspecified atom stereocenters. The van der Waals surface area contributed by atoms with Crippen molar-refractivity contribution in [1.82, 2.24) is 30.2 Å². The number of aromatic nitrogens is 4. The number of rotatable bonds is 9. The summed E-state index contributed by atoms with van der Waals surface area (Å²) in [6.07, 6.45) is -1.36. The maximum Gasteiger partial charge on any atom is 0.418 e. The minimum absolute atomic E-state index is 0.0155. The van der Waals surface area contributed by atoms with Crippen molar-refractivity contribution in [3.05, 3.63) is 57.0 Å². The van der Waals surface area contributed by atoms with E-state index in [-0.39, 0.29) is 22.9 Å². The van der Waals surface area contributed by atoms with Crippen molar-refractivity contribution in [1.29, 1.82) is 0 Å². The molecule has 0 fully saturated rings. The Hall–Kier alpha value is -3.36. The number of carbonyl (C=O) groups is 2. The first-order chi connectivity index (χ1) is 16.5. The van der Waals surface area contributed by atoms with Crippen molar-refractivity contribution in [2.45, 2.75) is 12.7 Å². The van der Waals surface area contributed by atoms with Crippen LogP contribution in [0.5, 0.6) is 0 Å².